The third kappa shape index (κ3) is 3.68. The van der Waals surface area contributed by atoms with Gasteiger partial charge >= 0.3 is 0 Å². The number of methoxy groups -OCH3 is 2. The Morgan fingerprint density at radius 2 is 1.79 bits per heavy atom. The summed E-state index contributed by atoms with van der Waals surface area (Å²) in [5.74, 6) is -0.290. The summed E-state index contributed by atoms with van der Waals surface area (Å²) in [5, 5.41) is 1.97. The maximum Gasteiger partial charge on any atom is 0.254 e. The molecule has 0 unspecified atom stereocenters. The summed E-state index contributed by atoms with van der Waals surface area (Å²) < 4.78 is 22.6. The van der Waals surface area contributed by atoms with Crippen LogP contribution >= 0.6 is 11.3 Å². The zero-order valence-electron chi connectivity index (χ0n) is 19.0. The fraction of sp³-hybridized carbons (Fsp3) is 0.500. The number of fused-ring (bicyclic) bond motifs is 1. The Morgan fingerprint density at radius 1 is 1.12 bits per heavy atom. The van der Waals surface area contributed by atoms with E-state index in [1.54, 1.807) is 42.5 Å². The van der Waals surface area contributed by atoms with Gasteiger partial charge in [-0.3, -0.25) is 9.59 Å². The second-order valence-electron chi connectivity index (χ2n) is 8.58. The molecule has 0 N–H and O–H groups in total. The summed E-state index contributed by atoms with van der Waals surface area (Å²) in [5.41, 5.74) is 1.14. The lowest BCUT2D eigenvalue weighted by molar-refractivity contribution is -0.188. The van der Waals surface area contributed by atoms with Crippen molar-refractivity contribution in [3.05, 3.63) is 45.6 Å². The molecule has 1 aromatic heterocycles. The lowest BCUT2D eigenvalue weighted by atomic mass is 9.80. The van der Waals surface area contributed by atoms with Gasteiger partial charge in [0.1, 0.15) is 0 Å². The highest BCUT2D eigenvalue weighted by Gasteiger charge is 2.47. The first-order valence-electron chi connectivity index (χ1n) is 11.1. The number of benzene rings is 1. The zero-order valence-corrected chi connectivity index (χ0v) is 19.9. The number of likely N-dealkylation sites (N-methyl/N-ethyl adjacent to an activating group) is 1. The van der Waals surface area contributed by atoms with Crippen LogP contribution in [0.5, 0.6) is 11.5 Å². The SMILES string of the molecule is COc1cc2c(cc1OC)[C@H](C(=O)N1CCC3(CC1)OCCO3)[C@@H](c1cccs1)N(C)C2=O. The lowest BCUT2D eigenvalue weighted by Gasteiger charge is -2.43. The molecular formula is C24H28N2O6S. The van der Waals surface area contributed by atoms with Crippen molar-refractivity contribution in [3.63, 3.8) is 0 Å². The topological polar surface area (TPSA) is 77.5 Å². The summed E-state index contributed by atoms with van der Waals surface area (Å²) in [6, 6.07) is 7.01. The number of piperidine rings is 1. The number of likely N-dealkylation sites (tertiary alicyclic amines) is 1. The first-order chi connectivity index (χ1) is 16.0. The molecule has 33 heavy (non-hydrogen) atoms. The Balaban J connectivity index is 1.56. The van der Waals surface area contributed by atoms with Crippen molar-refractivity contribution < 1.29 is 28.5 Å². The smallest absolute Gasteiger partial charge is 0.254 e. The van der Waals surface area contributed by atoms with Crippen LogP contribution in [0.1, 0.15) is 45.6 Å². The highest BCUT2D eigenvalue weighted by atomic mass is 32.1. The van der Waals surface area contributed by atoms with Crippen LogP contribution in [0.3, 0.4) is 0 Å². The highest BCUT2D eigenvalue weighted by molar-refractivity contribution is 7.10. The van der Waals surface area contributed by atoms with E-state index in [0.717, 1.165) is 4.88 Å². The second kappa shape index (κ2) is 8.62. The van der Waals surface area contributed by atoms with Crippen LogP contribution in [-0.4, -0.2) is 75.0 Å². The summed E-state index contributed by atoms with van der Waals surface area (Å²) in [4.78, 5) is 32.0. The number of carbonyl (C=O) groups excluding carboxylic acids is 2. The van der Waals surface area contributed by atoms with Crippen LogP contribution in [0.15, 0.2) is 29.6 Å². The van der Waals surface area contributed by atoms with Crippen LogP contribution in [0, 0.1) is 0 Å². The van der Waals surface area contributed by atoms with Crippen LogP contribution in [0.25, 0.3) is 0 Å². The molecule has 0 aliphatic carbocycles. The minimum atomic E-state index is -0.558. The molecule has 0 radical (unpaired) electrons. The number of hydrogen-bond acceptors (Lipinski definition) is 7. The first kappa shape index (κ1) is 22.2. The Hall–Kier alpha value is -2.62. The van der Waals surface area contributed by atoms with Gasteiger partial charge in [0.15, 0.2) is 17.3 Å². The molecule has 2 fully saturated rings. The molecule has 2 saturated heterocycles. The van der Waals surface area contributed by atoms with Crippen molar-refractivity contribution in [2.75, 3.05) is 47.6 Å². The van der Waals surface area contributed by atoms with Crippen molar-refractivity contribution in [1.82, 2.24) is 9.80 Å². The molecule has 3 aliphatic heterocycles. The van der Waals surface area contributed by atoms with Crippen molar-refractivity contribution in [2.24, 2.45) is 0 Å². The third-order valence-corrected chi connectivity index (χ3v) is 7.87. The van der Waals surface area contributed by atoms with E-state index in [2.05, 4.69) is 0 Å². The molecule has 2 aromatic rings. The molecule has 8 nitrogen and oxygen atoms in total. The first-order valence-corrected chi connectivity index (χ1v) is 12.0. The van der Waals surface area contributed by atoms with Gasteiger partial charge < -0.3 is 28.7 Å². The van der Waals surface area contributed by atoms with E-state index >= 15 is 0 Å². The molecule has 9 heteroatoms. The van der Waals surface area contributed by atoms with Crippen LogP contribution in [0.2, 0.25) is 0 Å². The number of amides is 2. The number of hydrogen-bond donors (Lipinski definition) is 0. The monoisotopic (exact) mass is 472 g/mol. The largest absolute Gasteiger partial charge is 0.493 e. The van der Waals surface area contributed by atoms with Crippen molar-refractivity contribution in [1.29, 1.82) is 0 Å². The van der Waals surface area contributed by atoms with E-state index in [4.69, 9.17) is 18.9 Å². The van der Waals surface area contributed by atoms with Gasteiger partial charge in [0.2, 0.25) is 5.91 Å². The molecule has 0 saturated carbocycles. The predicted octanol–water partition coefficient (Wildman–Crippen LogP) is 3.04. The van der Waals surface area contributed by atoms with Gasteiger partial charge in [0.25, 0.3) is 5.91 Å². The molecule has 176 valence electrons. The quantitative estimate of drug-likeness (QED) is 0.681. The number of thiophene rings is 1. The molecule has 1 spiro atoms. The maximum absolute atomic E-state index is 14.1. The van der Waals surface area contributed by atoms with E-state index in [-0.39, 0.29) is 11.8 Å². The molecule has 1 aromatic carbocycles. The molecule has 5 rings (SSSR count). The molecule has 3 aliphatic rings. The van der Waals surface area contributed by atoms with Crippen LogP contribution in [-0.2, 0) is 14.3 Å². The maximum atomic E-state index is 14.1. The minimum absolute atomic E-state index is 0.00549. The van der Waals surface area contributed by atoms with Gasteiger partial charge in [-0.25, -0.2) is 0 Å². The average molecular weight is 473 g/mol. The standard InChI is InChI=1S/C24H28N2O6S/c1-25-21(19-5-4-12-33-19)20(15-13-17(29-2)18(30-3)14-16(15)22(25)27)23(28)26-8-6-24(7-9-26)31-10-11-32-24/h4-5,12-14,20-21H,6-11H2,1-3H3/t20-,21+/m0/s1. The molecule has 2 amide bonds. The van der Waals surface area contributed by atoms with E-state index in [9.17, 15) is 9.59 Å². The van der Waals surface area contributed by atoms with Gasteiger partial charge in [0, 0.05) is 43.4 Å². The van der Waals surface area contributed by atoms with Gasteiger partial charge in [-0.15, -0.1) is 11.3 Å². The van der Waals surface area contributed by atoms with Gasteiger partial charge in [0.05, 0.1) is 39.4 Å². The third-order valence-electron chi connectivity index (χ3n) is 6.93. The lowest BCUT2D eigenvalue weighted by Crippen LogP contribution is -2.51. The zero-order chi connectivity index (χ0) is 23.2. The highest BCUT2D eigenvalue weighted by Crippen LogP contribution is 2.47. The molecule has 2 atom stereocenters. The predicted molar refractivity (Wildman–Crippen MR) is 122 cm³/mol. The summed E-state index contributed by atoms with van der Waals surface area (Å²) in [6.45, 7) is 2.29. The fourth-order valence-corrected chi connectivity index (χ4v) is 6.09. The Bertz CT molecular complexity index is 1040. The summed E-state index contributed by atoms with van der Waals surface area (Å²) >= 11 is 1.55. The Morgan fingerprint density at radius 3 is 2.39 bits per heavy atom. The second-order valence-corrected chi connectivity index (χ2v) is 9.56. The number of ether oxygens (including phenoxy) is 4. The Labute approximate surface area is 197 Å². The Kier molecular flexibility index (Phi) is 5.80. The number of nitrogens with zero attached hydrogens (tertiary/aromatic N) is 2. The number of rotatable bonds is 4. The van der Waals surface area contributed by atoms with E-state index in [1.165, 1.54) is 7.11 Å². The van der Waals surface area contributed by atoms with E-state index in [0.29, 0.717) is 61.8 Å². The average Bonchev–Trinajstić information content (AvgIpc) is 3.53. The van der Waals surface area contributed by atoms with Gasteiger partial charge in [-0.1, -0.05) is 6.07 Å². The normalized spacial score (nSPS) is 24.2. The minimum Gasteiger partial charge on any atom is -0.493 e. The fourth-order valence-electron chi connectivity index (χ4n) is 5.18. The molecule has 4 heterocycles. The summed E-state index contributed by atoms with van der Waals surface area (Å²) in [6.07, 6.45) is 1.28. The number of carbonyl (C=O) groups is 2. The van der Waals surface area contributed by atoms with E-state index in [1.807, 2.05) is 22.4 Å². The van der Waals surface area contributed by atoms with Crippen molar-refractivity contribution in [2.45, 2.75) is 30.6 Å². The summed E-state index contributed by atoms with van der Waals surface area (Å²) in [7, 11) is 4.85. The van der Waals surface area contributed by atoms with Crippen molar-refractivity contribution in [3.8, 4) is 11.5 Å². The van der Waals surface area contributed by atoms with Gasteiger partial charge in [-0.05, 0) is 29.1 Å². The van der Waals surface area contributed by atoms with Crippen molar-refractivity contribution >= 4 is 23.2 Å². The molecular weight excluding hydrogens is 444 g/mol. The van der Waals surface area contributed by atoms with Gasteiger partial charge in [-0.2, -0.15) is 0 Å². The van der Waals surface area contributed by atoms with E-state index < -0.39 is 17.7 Å². The van der Waals surface area contributed by atoms with Crippen LogP contribution < -0.4 is 9.47 Å². The van der Waals surface area contributed by atoms with Crippen LogP contribution in [0.4, 0.5) is 0 Å². The molecule has 0 bridgehead atoms.